The fraction of sp³-hybridized carbons (Fsp3) is 0.353. The molecule has 1 saturated carbocycles. The lowest BCUT2D eigenvalue weighted by Gasteiger charge is -2.32. The van der Waals surface area contributed by atoms with Crippen LogP contribution in [0, 0.1) is 0 Å². The number of alkyl halides is 6. The smallest absolute Gasteiger partial charge is 0.405 e. The zero-order valence-corrected chi connectivity index (χ0v) is 14.9. The molecule has 160 valence electrons. The minimum Gasteiger partial charge on any atom is -0.405 e. The van der Waals surface area contributed by atoms with Gasteiger partial charge in [-0.1, -0.05) is 0 Å². The topological polar surface area (TPSA) is 84.6 Å². The van der Waals surface area contributed by atoms with Crippen molar-refractivity contribution in [2.24, 2.45) is 0 Å². The maximum atomic E-state index is 13.0. The highest BCUT2D eigenvalue weighted by Gasteiger charge is 2.36. The van der Waals surface area contributed by atoms with Gasteiger partial charge in [0.25, 0.3) is 0 Å². The van der Waals surface area contributed by atoms with Gasteiger partial charge in [-0.2, -0.15) is 13.2 Å². The summed E-state index contributed by atoms with van der Waals surface area (Å²) in [7, 11) is 0. The van der Waals surface area contributed by atoms with Crippen LogP contribution in [0.25, 0.3) is 16.8 Å². The molecule has 0 aliphatic heterocycles. The highest BCUT2D eigenvalue weighted by Crippen LogP contribution is 2.40. The zero-order chi connectivity index (χ0) is 21.7. The van der Waals surface area contributed by atoms with Crippen LogP contribution < -0.4 is 10.1 Å². The van der Waals surface area contributed by atoms with E-state index in [2.05, 4.69) is 25.2 Å². The molecule has 1 aliphatic carbocycles. The standard InChI is InChI=1S/C17H13F6N5O2/c18-16(19,20)8-1-2-11(13(3-8)30-17(21,22)23)14-12-6-24-7-28(12)15(27-26-14)25-9-4-10(29)5-9/h1-3,6-7,9-10,29H,4-5H2,(H,25,27). The second-order valence-corrected chi connectivity index (χ2v) is 6.74. The summed E-state index contributed by atoms with van der Waals surface area (Å²) < 4.78 is 82.6. The van der Waals surface area contributed by atoms with Gasteiger partial charge in [-0.25, -0.2) is 4.98 Å². The van der Waals surface area contributed by atoms with E-state index in [-0.39, 0.29) is 34.8 Å². The van der Waals surface area contributed by atoms with Crippen LogP contribution in [0.4, 0.5) is 32.3 Å². The molecule has 2 aromatic heterocycles. The molecular formula is C17H13F6N5O2. The fourth-order valence-electron chi connectivity index (χ4n) is 3.12. The molecule has 0 spiro atoms. The van der Waals surface area contributed by atoms with Crippen LogP contribution in [0.1, 0.15) is 18.4 Å². The summed E-state index contributed by atoms with van der Waals surface area (Å²) in [6.07, 6.45) is -6.90. The third-order valence-corrected chi connectivity index (χ3v) is 4.59. The van der Waals surface area contributed by atoms with E-state index >= 15 is 0 Å². The van der Waals surface area contributed by atoms with Gasteiger partial charge in [0.15, 0.2) is 0 Å². The van der Waals surface area contributed by atoms with Crippen molar-refractivity contribution in [3.05, 3.63) is 36.3 Å². The number of hydrogen-bond acceptors (Lipinski definition) is 6. The van der Waals surface area contributed by atoms with Crippen molar-refractivity contribution in [1.82, 2.24) is 19.6 Å². The molecule has 0 atom stereocenters. The van der Waals surface area contributed by atoms with Crippen LogP contribution in [-0.4, -0.2) is 43.2 Å². The van der Waals surface area contributed by atoms with Gasteiger partial charge in [-0.15, -0.1) is 23.4 Å². The van der Waals surface area contributed by atoms with E-state index in [1.54, 1.807) is 0 Å². The Morgan fingerprint density at radius 1 is 1.10 bits per heavy atom. The number of aliphatic hydroxyl groups excluding tert-OH is 1. The first kappa shape index (κ1) is 20.2. The molecule has 1 aromatic carbocycles. The van der Waals surface area contributed by atoms with E-state index in [4.69, 9.17) is 0 Å². The Labute approximate surface area is 164 Å². The summed E-state index contributed by atoms with van der Waals surface area (Å²) in [5, 5.41) is 20.2. The van der Waals surface area contributed by atoms with Crippen LogP contribution in [-0.2, 0) is 6.18 Å². The number of fused-ring (bicyclic) bond motifs is 1. The number of halogens is 6. The molecule has 0 radical (unpaired) electrons. The van der Waals surface area contributed by atoms with E-state index < -0.39 is 30.0 Å². The number of anilines is 1. The summed E-state index contributed by atoms with van der Waals surface area (Å²) in [5.41, 5.74) is -1.56. The highest BCUT2D eigenvalue weighted by molar-refractivity contribution is 5.81. The van der Waals surface area contributed by atoms with Crippen molar-refractivity contribution in [3.8, 4) is 17.0 Å². The Kier molecular flexibility index (Phi) is 4.71. The summed E-state index contributed by atoms with van der Waals surface area (Å²) in [4.78, 5) is 3.93. The third kappa shape index (κ3) is 3.97. The van der Waals surface area contributed by atoms with Gasteiger partial charge in [-0.3, -0.25) is 4.40 Å². The predicted octanol–water partition coefficient (Wildman–Crippen LogP) is 3.64. The van der Waals surface area contributed by atoms with E-state index in [1.165, 1.54) is 16.9 Å². The number of imidazole rings is 1. The van der Waals surface area contributed by atoms with Crippen LogP contribution >= 0.6 is 0 Å². The van der Waals surface area contributed by atoms with E-state index in [0.717, 1.165) is 6.07 Å². The number of nitrogens with one attached hydrogen (secondary N) is 1. The molecule has 2 heterocycles. The number of aliphatic hydroxyl groups is 1. The van der Waals surface area contributed by atoms with Crippen molar-refractivity contribution >= 4 is 11.5 Å². The first-order chi connectivity index (χ1) is 14.0. The van der Waals surface area contributed by atoms with Gasteiger partial charge >= 0.3 is 12.5 Å². The van der Waals surface area contributed by atoms with Gasteiger partial charge < -0.3 is 15.2 Å². The number of aromatic nitrogens is 4. The van der Waals surface area contributed by atoms with Gasteiger partial charge in [0.2, 0.25) is 5.95 Å². The number of benzene rings is 1. The molecule has 13 heteroatoms. The Bertz CT molecular complexity index is 1070. The second-order valence-electron chi connectivity index (χ2n) is 6.74. The summed E-state index contributed by atoms with van der Waals surface area (Å²) in [6.45, 7) is 0. The molecule has 1 fully saturated rings. The second kappa shape index (κ2) is 7.00. The number of nitrogens with zero attached hydrogens (tertiary/aromatic N) is 4. The maximum absolute atomic E-state index is 13.0. The maximum Gasteiger partial charge on any atom is 0.573 e. The van der Waals surface area contributed by atoms with Crippen molar-refractivity contribution in [2.45, 2.75) is 37.5 Å². The molecule has 0 saturated heterocycles. The minimum absolute atomic E-state index is 0.0686. The summed E-state index contributed by atoms with van der Waals surface area (Å²) in [5.74, 6) is -0.828. The number of hydrogen-bond donors (Lipinski definition) is 2. The van der Waals surface area contributed by atoms with Gasteiger partial charge in [0.05, 0.1) is 23.4 Å². The molecule has 4 rings (SSSR count). The quantitative estimate of drug-likeness (QED) is 0.612. The molecule has 3 aromatic rings. The van der Waals surface area contributed by atoms with E-state index in [0.29, 0.717) is 18.9 Å². The molecule has 0 amide bonds. The number of rotatable bonds is 4. The first-order valence-corrected chi connectivity index (χ1v) is 8.62. The SMILES string of the molecule is OC1CC(Nc2nnc(-c3ccc(C(F)(F)F)cc3OC(F)(F)F)c3cncn23)C1. The van der Waals surface area contributed by atoms with Gasteiger partial charge in [0, 0.05) is 11.6 Å². The van der Waals surface area contributed by atoms with E-state index in [9.17, 15) is 31.4 Å². The molecular weight excluding hydrogens is 420 g/mol. The lowest BCUT2D eigenvalue weighted by molar-refractivity contribution is -0.274. The Balaban J connectivity index is 1.79. The average molecular weight is 433 g/mol. The average Bonchev–Trinajstić information content (AvgIpc) is 3.09. The van der Waals surface area contributed by atoms with Crippen LogP contribution in [0.5, 0.6) is 5.75 Å². The molecule has 0 unspecified atom stereocenters. The van der Waals surface area contributed by atoms with Crippen molar-refractivity contribution in [2.75, 3.05) is 5.32 Å². The monoisotopic (exact) mass is 433 g/mol. The van der Waals surface area contributed by atoms with Crippen LogP contribution in [0.15, 0.2) is 30.7 Å². The molecule has 0 bridgehead atoms. The van der Waals surface area contributed by atoms with Gasteiger partial charge in [0.1, 0.15) is 17.8 Å². The normalized spacial score (nSPS) is 19.6. The molecule has 30 heavy (non-hydrogen) atoms. The Morgan fingerprint density at radius 2 is 1.83 bits per heavy atom. The summed E-state index contributed by atoms with van der Waals surface area (Å²) in [6, 6.07) is 1.67. The lowest BCUT2D eigenvalue weighted by Crippen LogP contribution is -2.39. The van der Waals surface area contributed by atoms with Crippen LogP contribution in [0.3, 0.4) is 0 Å². The first-order valence-electron chi connectivity index (χ1n) is 8.62. The lowest BCUT2D eigenvalue weighted by atomic mass is 9.90. The molecule has 1 aliphatic rings. The molecule has 2 N–H and O–H groups in total. The minimum atomic E-state index is -5.21. The van der Waals surface area contributed by atoms with Crippen molar-refractivity contribution in [3.63, 3.8) is 0 Å². The molecule has 7 nitrogen and oxygen atoms in total. The van der Waals surface area contributed by atoms with Crippen molar-refractivity contribution in [1.29, 1.82) is 0 Å². The summed E-state index contributed by atoms with van der Waals surface area (Å²) >= 11 is 0. The fourth-order valence-corrected chi connectivity index (χ4v) is 3.12. The third-order valence-electron chi connectivity index (χ3n) is 4.59. The zero-order valence-electron chi connectivity index (χ0n) is 14.9. The van der Waals surface area contributed by atoms with Crippen molar-refractivity contribution < 1.29 is 36.2 Å². The predicted molar refractivity (Wildman–Crippen MR) is 90.6 cm³/mol. The van der Waals surface area contributed by atoms with Crippen LogP contribution in [0.2, 0.25) is 0 Å². The largest absolute Gasteiger partial charge is 0.573 e. The highest BCUT2D eigenvalue weighted by atomic mass is 19.4. The van der Waals surface area contributed by atoms with E-state index in [1.807, 2.05) is 0 Å². The van der Waals surface area contributed by atoms with Gasteiger partial charge in [-0.05, 0) is 31.0 Å². The Morgan fingerprint density at radius 3 is 2.47 bits per heavy atom. The Hall–Kier alpha value is -3.09. The number of ether oxygens (including phenoxy) is 1.